The Balaban J connectivity index is 2.00. The van der Waals surface area contributed by atoms with Crippen LogP contribution in [0.15, 0.2) is 18.2 Å². The van der Waals surface area contributed by atoms with E-state index in [4.69, 9.17) is 0 Å². The molecule has 0 fully saturated rings. The predicted octanol–water partition coefficient (Wildman–Crippen LogP) is 2.12. The number of hydrogen-bond donors (Lipinski definition) is 0. The lowest BCUT2D eigenvalue weighted by molar-refractivity contribution is -0.117. The van der Waals surface area contributed by atoms with Crippen LogP contribution >= 0.6 is 0 Å². The number of amides is 1. The van der Waals surface area contributed by atoms with Gasteiger partial charge >= 0.3 is 0 Å². The fraction of sp³-hybridized carbons (Fsp3) is 0.429. The van der Waals surface area contributed by atoms with Gasteiger partial charge in [-0.15, -0.1) is 0 Å². The monoisotopic (exact) mass is 231 g/mol. The van der Waals surface area contributed by atoms with Gasteiger partial charge in [0.1, 0.15) is 6.29 Å². The van der Waals surface area contributed by atoms with Crippen LogP contribution in [0.3, 0.4) is 0 Å². The molecular weight excluding hydrogens is 214 g/mol. The lowest BCUT2D eigenvalue weighted by Gasteiger charge is -2.10. The molecule has 1 heterocycles. The Morgan fingerprint density at radius 3 is 2.94 bits per heavy atom. The van der Waals surface area contributed by atoms with E-state index in [9.17, 15) is 9.59 Å². The van der Waals surface area contributed by atoms with Gasteiger partial charge in [-0.05, 0) is 36.5 Å². The first-order valence-corrected chi connectivity index (χ1v) is 6.04. The van der Waals surface area contributed by atoms with Crippen LogP contribution in [0, 0.1) is 0 Å². The highest BCUT2D eigenvalue weighted by molar-refractivity contribution is 6.00. The molecule has 1 aromatic carbocycles. The number of carbonyl (C=O) groups excluding carboxylic acids is 2. The van der Waals surface area contributed by atoms with Crippen molar-refractivity contribution < 1.29 is 9.59 Å². The second kappa shape index (κ2) is 5.13. The predicted molar refractivity (Wildman–Crippen MR) is 67.2 cm³/mol. The van der Waals surface area contributed by atoms with Crippen molar-refractivity contribution in [2.24, 2.45) is 0 Å². The first-order valence-electron chi connectivity index (χ1n) is 6.04. The maximum absolute atomic E-state index is 11.5. The molecule has 3 nitrogen and oxygen atoms in total. The largest absolute Gasteiger partial charge is 0.315 e. The fourth-order valence-electron chi connectivity index (χ4n) is 2.24. The summed E-state index contributed by atoms with van der Waals surface area (Å²) in [5.74, 6) is 0.165. The molecule has 1 aromatic rings. The van der Waals surface area contributed by atoms with Crippen LogP contribution in [0.5, 0.6) is 0 Å². The van der Waals surface area contributed by atoms with E-state index in [1.807, 2.05) is 13.1 Å². The van der Waals surface area contributed by atoms with E-state index < -0.39 is 0 Å². The summed E-state index contributed by atoms with van der Waals surface area (Å²) in [4.78, 5) is 23.4. The number of benzene rings is 1. The summed E-state index contributed by atoms with van der Waals surface area (Å²) in [6.45, 7) is 0. The molecule has 0 radical (unpaired) electrons. The van der Waals surface area contributed by atoms with Crippen molar-refractivity contribution >= 4 is 17.9 Å². The van der Waals surface area contributed by atoms with Gasteiger partial charge in [0.05, 0.1) is 6.42 Å². The topological polar surface area (TPSA) is 37.4 Å². The van der Waals surface area contributed by atoms with Crippen LogP contribution in [0.2, 0.25) is 0 Å². The standard InChI is InChI=1S/C14H17NO2/c1-15-13-7-6-11(5-3-2-4-8-16)9-12(13)10-14(15)17/h6-9H,2-5,10H2,1H3. The SMILES string of the molecule is CN1C(=O)Cc2cc(CCCCC=O)ccc21. The summed E-state index contributed by atoms with van der Waals surface area (Å²) < 4.78 is 0. The molecule has 1 amide bonds. The van der Waals surface area contributed by atoms with Crippen LogP contribution < -0.4 is 4.90 Å². The second-order valence-corrected chi connectivity index (χ2v) is 4.51. The molecule has 2 rings (SSSR count). The molecule has 0 saturated carbocycles. The first-order chi connectivity index (χ1) is 8.22. The summed E-state index contributed by atoms with van der Waals surface area (Å²) in [5, 5.41) is 0. The quantitative estimate of drug-likeness (QED) is 0.575. The van der Waals surface area contributed by atoms with Crippen molar-refractivity contribution in [3.05, 3.63) is 29.3 Å². The number of aryl methyl sites for hydroxylation is 1. The molecule has 0 atom stereocenters. The van der Waals surface area contributed by atoms with Gasteiger partial charge in [-0.1, -0.05) is 12.1 Å². The number of rotatable bonds is 5. The number of anilines is 1. The van der Waals surface area contributed by atoms with Gasteiger partial charge in [0.25, 0.3) is 0 Å². The molecule has 0 N–H and O–H groups in total. The minimum absolute atomic E-state index is 0.165. The Labute approximate surface area is 101 Å². The van der Waals surface area contributed by atoms with Crippen molar-refractivity contribution in [2.75, 3.05) is 11.9 Å². The molecule has 0 saturated heterocycles. The lowest BCUT2D eigenvalue weighted by atomic mass is 10.0. The highest BCUT2D eigenvalue weighted by Gasteiger charge is 2.23. The maximum Gasteiger partial charge on any atom is 0.231 e. The molecule has 0 aliphatic carbocycles. The Kier molecular flexibility index (Phi) is 3.57. The van der Waals surface area contributed by atoms with Crippen molar-refractivity contribution in [2.45, 2.75) is 32.1 Å². The van der Waals surface area contributed by atoms with Gasteiger partial charge in [0.2, 0.25) is 5.91 Å². The summed E-state index contributed by atoms with van der Waals surface area (Å²) >= 11 is 0. The molecular formula is C14H17NO2. The Morgan fingerprint density at radius 2 is 2.18 bits per heavy atom. The molecule has 3 heteroatoms. The van der Waals surface area contributed by atoms with Crippen molar-refractivity contribution in [1.29, 1.82) is 0 Å². The summed E-state index contributed by atoms with van der Waals surface area (Å²) in [5.41, 5.74) is 3.43. The zero-order valence-corrected chi connectivity index (χ0v) is 10.1. The number of fused-ring (bicyclic) bond motifs is 1. The number of carbonyl (C=O) groups is 2. The first kappa shape index (κ1) is 11.8. The molecule has 0 unspecified atom stereocenters. The zero-order chi connectivity index (χ0) is 12.3. The third-order valence-corrected chi connectivity index (χ3v) is 3.26. The Morgan fingerprint density at radius 1 is 1.35 bits per heavy atom. The molecule has 1 aliphatic heterocycles. The summed E-state index contributed by atoms with van der Waals surface area (Å²) in [6, 6.07) is 6.22. The third kappa shape index (κ3) is 2.54. The average molecular weight is 231 g/mol. The highest BCUT2D eigenvalue weighted by Crippen LogP contribution is 2.28. The smallest absolute Gasteiger partial charge is 0.231 e. The molecule has 90 valence electrons. The number of aldehydes is 1. The van der Waals surface area contributed by atoms with E-state index in [-0.39, 0.29) is 5.91 Å². The van der Waals surface area contributed by atoms with E-state index in [1.54, 1.807) is 4.90 Å². The van der Waals surface area contributed by atoms with Crippen molar-refractivity contribution in [1.82, 2.24) is 0 Å². The van der Waals surface area contributed by atoms with Gasteiger partial charge in [0.15, 0.2) is 0 Å². The van der Waals surface area contributed by atoms with Gasteiger partial charge in [-0.25, -0.2) is 0 Å². The van der Waals surface area contributed by atoms with Gasteiger partial charge in [0, 0.05) is 19.2 Å². The molecule has 1 aliphatic rings. The fourth-order valence-corrected chi connectivity index (χ4v) is 2.24. The van der Waals surface area contributed by atoms with Crippen LogP contribution in [0.25, 0.3) is 0 Å². The van der Waals surface area contributed by atoms with E-state index in [0.717, 1.165) is 36.8 Å². The molecule has 0 aromatic heterocycles. The van der Waals surface area contributed by atoms with Gasteiger partial charge in [-0.3, -0.25) is 4.79 Å². The van der Waals surface area contributed by atoms with E-state index >= 15 is 0 Å². The highest BCUT2D eigenvalue weighted by atomic mass is 16.2. The van der Waals surface area contributed by atoms with E-state index in [0.29, 0.717) is 12.8 Å². The molecule has 0 bridgehead atoms. The van der Waals surface area contributed by atoms with E-state index in [1.165, 1.54) is 5.56 Å². The number of unbranched alkanes of at least 4 members (excludes halogenated alkanes) is 2. The average Bonchev–Trinajstić information content (AvgIpc) is 2.61. The van der Waals surface area contributed by atoms with Gasteiger partial charge < -0.3 is 9.69 Å². The van der Waals surface area contributed by atoms with Crippen molar-refractivity contribution in [3.8, 4) is 0 Å². The summed E-state index contributed by atoms with van der Waals surface area (Å²) in [7, 11) is 1.82. The Hall–Kier alpha value is -1.64. The lowest BCUT2D eigenvalue weighted by Crippen LogP contribution is -2.20. The normalized spacial score (nSPS) is 13.9. The Bertz CT molecular complexity index is 440. The third-order valence-electron chi connectivity index (χ3n) is 3.26. The van der Waals surface area contributed by atoms with Crippen LogP contribution in [0.1, 0.15) is 30.4 Å². The van der Waals surface area contributed by atoms with Crippen LogP contribution in [-0.4, -0.2) is 19.2 Å². The zero-order valence-electron chi connectivity index (χ0n) is 10.1. The minimum Gasteiger partial charge on any atom is -0.315 e. The minimum atomic E-state index is 0.165. The second-order valence-electron chi connectivity index (χ2n) is 4.51. The maximum atomic E-state index is 11.5. The number of nitrogens with zero attached hydrogens (tertiary/aromatic N) is 1. The van der Waals surface area contributed by atoms with Crippen LogP contribution in [0.4, 0.5) is 5.69 Å². The van der Waals surface area contributed by atoms with Crippen molar-refractivity contribution in [3.63, 3.8) is 0 Å². The van der Waals surface area contributed by atoms with E-state index in [2.05, 4.69) is 12.1 Å². The van der Waals surface area contributed by atoms with Gasteiger partial charge in [-0.2, -0.15) is 0 Å². The number of likely N-dealkylation sites (N-methyl/N-ethyl adjacent to an activating group) is 1. The number of hydrogen-bond acceptors (Lipinski definition) is 2. The molecule has 0 spiro atoms. The summed E-state index contributed by atoms with van der Waals surface area (Å²) in [6.07, 6.45) is 5.09. The van der Waals surface area contributed by atoms with Crippen LogP contribution in [-0.2, 0) is 22.4 Å². The molecule has 17 heavy (non-hydrogen) atoms.